The summed E-state index contributed by atoms with van der Waals surface area (Å²) in [6.45, 7) is 2.13. The first-order chi connectivity index (χ1) is 10.1. The molecule has 0 amide bonds. The second kappa shape index (κ2) is 4.53. The SMILES string of the molecule is C[C@]12CC[C@@H]3c4ccccc4CC[C@H]3[C@@H]1[C@@H](C=O)CC2=O. The molecule has 0 heterocycles. The van der Waals surface area contributed by atoms with E-state index in [1.165, 1.54) is 11.1 Å². The van der Waals surface area contributed by atoms with E-state index in [4.69, 9.17) is 0 Å². The number of hydrogen-bond donors (Lipinski definition) is 0. The molecule has 0 unspecified atom stereocenters. The van der Waals surface area contributed by atoms with Crippen molar-refractivity contribution in [3.05, 3.63) is 35.4 Å². The Morgan fingerprint density at radius 2 is 2.05 bits per heavy atom. The van der Waals surface area contributed by atoms with Crippen LogP contribution in [-0.2, 0) is 16.0 Å². The standard InChI is InChI=1S/C19H22O2/c1-19-9-8-15-14-5-3-2-4-12(14)6-7-16(15)18(19)13(11-20)10-17(19)21/h2-5,11,13,15-16,18H,6-10H2,1H3/t13-,15-,16-,18+,19-/m1/s1. The molecule has 0 aromatic heterocycles. The van der Waals surface area contributed by atoms with Gasteiger partial charge in [-0.25, -0.2) is 0 Å². The Balaban J connectivity index is 1.77. The van der Waals surface area contributed by atoms with Gasteiger partial charge in [-0.1, -0.05) is 31.2 Å². The van der Waals surface area contributed by atoms with Crippen molar-refractivity contribution in [1.82, 2.24) is 0 Å². The molecule has 0 aliphatic heterocycles. The number of aldehydes is 1. The molecule has 0 saturated heterocycles. The minimum absolute atomic E-state index is 0.0411. The number of aryl methyl sites for hydroxylation is 1. The number of ketones is 1. The fourth-order valence-electron chi connectivity index (χ4n) is 5.59. The average molecular weight is 282 g/mol. The van der Waals surface area contributed by atoms with Gasteiger partial charge in [0.15, 0.2) is 0 Å². The fourth-order valence-corrected chi connectivity index (χ4v) is 5.59. The highest BCUT2D eigenvalue weighted by atomic mass is 16.1. The van der Waals surface area contributed by atoms with Gasteiger partial charge in [-0.3, -0.25) is 4.79 Å². The Kier molecular flexibility index (Phi) is 2.85. The van der Waals surface area contributed by atoms with E-state index in [1.54, 1.807) is 0 Å². The maximum absolute atomic E-state index is 12.5. The molecule has 0 radical (unpaired) electrons. The lowest BCUT2D eigenvalue weighted by atomic mass is 9.54. The highest BCUT2D eigenvalue weighted by Crippen LogP contribution is 2.60. The molecule has 2 heteroatoms. The van der Waals surface area contributed by atoms with E-state index in [0.29, 0.717) is 24.0 Å². The van der Waals surface area contributed by atoms with Crippen molar-refractivity contribution >= 4 is 12.1 Å². The lowest BCUT2D eigenvalue weighted by Gasteiger charge is -2.49. The summed E-state index contributed by atoms with van der Waals surface area (Å²) in [5.74, 6) is 1.64. The highest BCUT2D eigenvalue weighted by Gasteiger charge is 2.58. The number of rotatable bonds is 1. The summed E-state index contributed by atoms with van der Waals surface area (Å²) in [5, 5.41) is 0. The molecule has 3 aliphatic rings. The normalized spacial score (nSPS) is 41.1. The lowest BCUT2D eigenvalue weighted by Crippen LogP contribution is -2.44. The van der Waals surface area contributed by atoms with Crippen molar-refractivity contribution in [2.45, 2.75) is 44.9 Å². The summed E-state index contributed by atoms with van der Waals surface area (Å²) in [6, 6.07) is 8.77. The highest BCUT2D eigenvalue weighted by molar-refractivity contribution is 5.90. The smallest absolute Gasteiger partial charge is 0.139 e. The summed E-state index contributed by atoms with van der Waals surface area (Å²) >= 11 is 0. The largest absolute Gasteiger partial charge is 0.303 e. The minimum Gasteiger partial charge on any atom is -0.303 e. The van der Waals surface area contributed by atoms with Crippen LogP contribution in [0, 0.1) is 23.2 Å². The molecule has 110 valence electrons. The number of hydrogen-bond acceptors (Lipinski definition) is 2. The maximum Gasteiger partial charge on any atom is 0.139 e. The van der Waals surface area contributed by atoms with Crippen LogP contribution in [0.1, 0.15) is 49.7 Å². The van der Waals surface area contributed by atoms with Gasteiger partial charge in [-0.05, 0) is 54.6 Å². The number of carbonyl (C=O) groups is 2. The molecule has 2 nitrogen and oxygen atoms in total. The molecule has 0 bridgehead atoms. The Labute approximate surface area is 125 Å². The molecular weight excluding hydrogens is 260 g/mol. The molecule has 0 spiro atoms. The Hall–Kier alpha value is -1.44. The van der Waals surface area contributed by atoms with E-state index in [0.717, 1.165) is 32.0 Å². The van der Waals surface area contributed by atoms with Gasteiger partial charge in [0.05, 0.1) is 0 Å². The van der Waals surface area contributed by atoms with Crippen LogP contribution in [0.25, 0.3) is 0 Å². The molecule has 3 aliphatic carbocycles. The predicted molar refractivity (Wildman–Crippen MR) is 81.0 cm³/mol. The number of Topliss-reactive ketones (excluding diaryl/α,β-unsaturated/α-hetero) is 1. The second-order valence-electron chi connectivity index (χ2n) is 7.42. The molecule has 0 N–H and O–H groups in total. The monoisotopic (exact) mass is 282 g/mol. The van der Waals surface area contributed by atoms with Gasteiger partial charge in [0.2, 0.25) is 0 Å². The van der Waals surface area contributed by atoms with E-state index >= 15 is 0 Å². The molecule has 5 atom stereocenters. The van der Waals surface area contributed by atoms with Gasteiger partial charge in [0.25, 0.3) is 0 Å². The summed E-state index contributed by atoms with van der Waals surface area (Å²) in [7, 11) is 0. The van der Waals surface area contributed by atoms with Crippen LogP contribution in [0.3, 0.4) is 0 Å². The maximum atomic E-state index is 12.5. The second-order valence-corrected chi connectivity index (χ2v) is 7.42. The Morgan fingerprint density at radius 3 is 2.86 bits per heavy atom. The van der Waals surface area contributed by atoms with Crippen molar-refractivity contribution in [1.29, 1.82) is 0 Å². The average Bonchev–Trinajstić information content (AvgIpc) is 2.78. The molecule has 1 aromatic carbocycles. The quantitative estimate of drug-likeness (QED) is 0.738. The van der Waals surface area contributed by atoms with Crippen molar-refractivity contribution in [2.75, 3.05) is 0 Å². The Morgan fingerprint density at radius 1 is 1.24 bits per heavy atom. The first-order valence-corrected chi connectivity index (χ1v) is 8.21. The fraction of sp³-hybridized carbons (Fsp3) is 0.579. The summed E-state index contributed by atoms with van der Waals surface area (Å²) in [5.41, 5.74) is 2.73. The van der Waals surface area contributed by atoms with Crippen molar-refractivity contribution < 1.29 is 9.59 Å². The molecule has 4 rings (SSSR count). The number of benzene rings is 1. The van der Waals surface area contributed by atoms with Crippen LogP contribution >= 0.6 is 0 Å². The minimum atomic E-state index is -0.237. The molecular formula is C19H22O2. The Bertz CT molecular complexity index is 605. The van der Waals surface area contributed by atoms with E-state index in [2.05, 4.69) is 31.2 Å². The summed E-state index contributed by atoms with van der Waals surface area (Å²) in [4.78, 5) is 24.0. The molecule has 2 saturated carbocycles. The number of carbonyl (C=O) groups excluding carboxylic acids is 2. The van der Waals surface area contributed by atoms with E-state index < -0.39 is 0 Å². The van der Waals surface area contributed by atoms with E-state index in [-0.39, 0.29) is 17.3 Å². The van der Waals surface area contributed by atoms with E-state index in [1.807, 2.05) is 0 Å². The molecule has 21 heavy (non-hydrogen) atoms. The zero-order valence-electron chi connectivity index (χ0n) is 12.5. The first kappa shape index (κ1) is 13.2. The van der Waals surface area contributed by atoms with Crippen LogP contribution in [-0.4, -0.2) is 12.1 Å². The first-order valence-electron chi connectivity index (χ1n) is 8.21. The van der Waals surface area contributed by atoms with Crippen LogP contribution in [0.15, 0.2) is 24.3 Å². The van der Waals surface area contributed by atoms with Gasteiger partial charge >= 0.3 is 0 Å². The van der Waals surface area contributed by atoms with Gasteiger partial charge in [0.1, 0.15) is 12.1 Å². The van der Waals surface area contributed by atoms with Crippen LogP contribution in [0.4, 0.5) is 0 Å². The topological polar surface area (TPSA) is 34.1 Å². The lowest BCUT2D eigenvalue weighted by molar-refractivity contribution is -0.129. The van der Waals surface area contributed by atoms with Crippen LogP contribution in [0.2, 0.25) is 0 Å². The molecule has 2 fully saturated rings. The van der Waals surface area contributed by atoms with Gasteiger partial charge < -0.3 is 4.79 Å². The third kappa shape index (κ3) is 1.71. The molecule has 1 aromatic rings. The van der Waals surface area contributed by atoms with Crippen LogP contribution < -0.4 is 0 Å². The van der Waals surface area contributed by atoms with Crippen LogP contribution in [0.5, 0.6) is 0 Å². The zero-order chi connectivity index (χ0) is 14.6. The summed E-state index contributed by atoms with van der Waals surface area (Å²) in [6.07, 6.45) is 5.85. The summed E-state index contributed by atoms with van der Waals surface area (Å²) < 4.78 is 0. The third-order valence-electron chi connectivity index (χ3n) is 6.58. The van der Waals surface area contributed by atoms with Crippen molar-refractivity contribution in [3.8, 4) is 0 Å². The predicted octanol–water partition coefficient (Wildman–Crippen LogP) is 3.54. The van der Waals surface area contributed by atoms with E-state index in [9.17, 15) is 9.59 Å². The number of fused-ring (bicyclic) bond motifs is 5. The van der Waals surface area contributed by atoms with Gasteiger partial charge in [-0.15, -0.1) is 0 Å². The van der Waals surface area contributed by atoms with Crippen molar-refractivity contribution in [2.24, 2.45) is 23.2 Å². The third-order valence-corrected chi connectivity index (χ3v) is 6.58. The van der Waals surface area contributed by atoms with Gasteiger partial charge in [-0.2, -0.15) is 0 Å². The van der Waals surface area contributed by atoms with Gasteiger partial charge in [0, 0.05) is 17.8 Å². The van der Waals surface area contributed by atoms with Crippen molar-refractivity contribution in [3.63, 3.8) is 0 Å². The zero-order valence-corrected chi connectivity index (χ0v) is 12.5.